The van der Waals surface area contributed by atoms with Crippen molar-refractivity contribution in [3.63, 3.8) is 0 Å². The molecule has 0 saturated heterocycles. The smallest absolute Gasteiger partial charge is 0.269 e. The van der Waals surface area contributed by atoms with E-state index in [0.29, 0.717) is 10.7 Å². The van der Waals surface area contributed by atoms with Crippen molar-refractivity contribution >= 4 is 0 Å². The van der Waals surface area contributed by atoms with Gasteiger partial charge in [-0.25, -0.2) is 0 Å². The lowest BCUT2D eigenvalue weighted by molar-refractivity contribution is -0.141. The lowest BCUT2D eigenvalue weighted by atomic mass is 9.86. The molecule has 0 unspecified atom stereocenters. The van der Waals surface area contributed by atoms with Crippen LogP contribution in [0, 0.1) is 28.1 Å². The molecule has 0 radical (unpaired) electrons. The summed E-state index contributed by atoms with van der Waals surface area (Å²) in [4.78, 5) is 0. The van der Waals surface area contributed by atoms with Crippen LogP contribution < -0.4 is 0 Å². The molecule has 0 fully saturated rings. The van der Waals surface area contributed by atoms with Gasteiger partial charge in [-0.3, -0.25) is 4.68 Å². The Hall–Kier alpha value is -2.23. The van der Waals surface area contributed by atoms with E-state index in [1.165, 1.54) is 12.1 Å². The number of aromatic nitrogens is 2. The average Bonchev–Trinajstić information content (AvgIpc) is 2.82. The molecule has 0 N–H and O–H groups in total. The zero-order valence-corrected chi connectivity index (χ0v) is 10.3. The molecule has 0 aliphatic carbocycles. The maximum absolute atomic E-state index is 12.3. The van der Waals surface area contributed by atoms with Crippen molar-refractivity contribution < 1.29 is 26.3 Å². The molecule has 1 aromatic heterocycles. The monoisotopic (exact) mass is 310 g/mol. The Morgan fingerprint density at radius 1 is 1.05 bits per heavy atom. The normalized spacial score (nSPS) is 12.8. The fraction of sp³-hybridized carbons (Fsp3) is 0.545. The van der Waals surface area contributed by atoms with Crippen LogP contribution in [0.4, 0.5) is 26.3 Å². The van der Waals surface area contributed by atoms with Crippen molar-refractivity contribution in [1.29, 1.82) is 10.5 Å². The van der Waals surface area contributed by atoms with Gasteiger partial charge >= 0.3 is 12.4 Å². The Balaban J connectivity index is 2.92. The third-order valence-corrected chi connectivity index (χ3v) is 2.63. The minimum atomic E-state index is -4.71. The van der Waals surface area contributed by atoms with E-state index in [9.17, 15) is 26.3 Å². The Morgan fingerprint density at radius 2 is 1.62 bits per heavy atom. The van der Waals surface area contributed by atoms with Crippen LogP contribution in [0.5, 0.6) is 0 Å². The molecule has 0 atom stereocenters. The van der Waals surface area contributed by atoms with Gasteiger partial charge in [-0.15, -0.1) is 0 Å². The van der Waals surface area contributed by atoms with Gasteiger partial charge in [-0.05, 0) is 12.5 Å². The first-order chi connectivity index (χ1) is 9.51. The van der Waals surface area contributed by atoms with Gasteiger partial charge in [0, 0.05) is 12.6 Å². The molecule has 1 heterocycles. The first kappa shape index (κ1) is 16.8. The van der Waals surface area contributed by atoms with Crippen molar-refractivity contribution in [3.8, 4) is 12.1 Å². The van der Waals surface area contributed by atoms with E-state index in [1.54, 1.807) is 0 Å². The summed E-state index contributed by atoms with van der Waals surface area (Å²) < 4.78 is 74.2. The van der Waals surface area contributed by atoms with E-state index in [1.807, 2.05) is 0 Å². The van der Waals surface area contributed by atoms with Gasteiger partial charge in [0.1, 0.15) is 0 Å². The van der Waals surface area contributed by atoms with Gasteiger partial charge < -0.3 is 0 Å². The second-order valence-corrected chi connectivity index (χ2v) is 4.32. The van der Waals surface area contributed by atoms with Crippen molar-refractivity contribution in [2.24, 2.45) is 5.41 Å². The van der Waals surface area contributed by atoms with Gasteiger partial charge in [0.25, 0.3) is 0 Å². The highest BCUT2D eigenvalue weighted by atomic mass is 19.4. The molecule has 0 aliphatic rings. The fourth-order valence-electron chi connectivity index (χ4n) is 1.52. The summed E-state index contributed by atoms with van der Waals surface area (Å²) in [6, 6.07) is 3.48. The Labute approximate surface area is 115 Å². The van der Waals surface area contributed by atoms with Crippen LogP contribution >= 0.6 is 0 Å². The summed E-state index contributed by atoms with van der Waals surface area (Å²) in [6.07, 6.45) is -10.6. The highest BCUT2D eigenvalue weighted by Crippen LogP contribution is 2.32. The van der Waals surface area contributed by atoms with Crippen LogP contribution in [0.1, 0.15) is 18.5 Å². The molecule has 0 spiro atoms. The Kier molecular flexibility index (Phi) is 4.52. The number of hydrogen-bond acceptors (Lipinski definition) is 3. The average molecular weight is 310 g/mol. The number of rotatable bonds is 4. The zero-order chi connectivity index (χ0) is 16.3. The molecule has 1 aromatic rings. The molecule has 10 heteroatoms. The second-order valence-electron chi connectivity index (χ2n) is 4.32. The summed E-state index contributed by atoms with van der Waals surface area (Å²) in [6.45, 7) is -0.674. The van der Waals surface area contributed by atoms with Crippen LogP contribution in [0.2, 0.25) is 0 Å². The Morgan fingerprint density at radius 3 is 2.00 bits per heavy atom. The summed E-state index contributed by atoms with van der Waals surface area (Å²) in [7, 11) is 0. The van der Waals surface area contributed by atoms with Crippen LogP contribution in [-0.4, -0.2) is 16.0 Å². The number of nitrogens with zero attached hydrogens (tertiary/aromatic N) is 4. The molecule has 114 valence electrons. The van der Waals surface area contributed by atoms with E-state index in [2.05, 4.69) is 5.10 Å². The lowest BCUT2D eigenvalue weighted by Crippen LogP contribution is -2.26. The maximum Gasteiger partial charge on any atom is 0.435 e. The fourth-order valence-corrected chi connectivity index (χ4v) is 1.52. The van der Waals surface area contributed by atoms with Gasteiger partial charge in [0.2, 0.25) is 0 Å². The van der Waals surface area contributed by atoms with Crippen molar-refractivity contribution in [2.45, 2.75) is 31.7 Å². The molecule has 1 rings (SSSR count). The Bertz CT molecular complexity index is 557. The quantitative estimate of drug-likeness (QED) is 0.802. The van der Waals surface area contributed by atoms with Crippen molar-refractivity contribution in [1.82, 2.24) is 9.78 Å². The third kappa shape index (κ3) is 4.67. The number of hydrogen-bond donors (Lipinski definition) is 0. The molecular weight excluding hydrogens is 302 g/mol. The zero-order valence-electron chi connectivity index (χ0n) is 10.3. The number of halogens is 6. The van der Waals surface area contributed by atoms with Gasteiger partial charge in [0.05, 0.1) is 18.7 Å². The maximum atomic E-state index is 12.3. The third-order valence-electron chi connectivity index (χ3n) is 2.63. The van der Waals surface area contributed by atoms with Crippen LogP contribution in [0.25, 0.3) is 0 Å². The number of nitriles is 2. The molecular formula is C11H8F6N4. The van der Waals surface area contributed by atoms with Gasteiger partial charge in [0.15, 0.2) is 11.1 Å². The van der Waals surface area contributed by atoms with Crippen LogP contribution in [-0.2, 0) is 12.7 Å². The molecule has 0 aromatic carbocycles. The molecule has 0 bridgehead atoms. The van der Waals surface area contributed by atoms with E-state index in [4.69, 9.17) is 10.5 Å². The minimum Gasteiger partial charge on any atom is -0.269 e. The minimum absolute atomic E-state index is 0.614. The van der Waals surface area contributed by atoms with E-state index < -0.39 is 42.8 Å². The topological polar surface area (TPSA) is 65.4 Å². The molecule has 21 heavy (non-hydrogen) atoms. The van der Waals surface area contributed by atoms with E-state index in [0.717, 1.165) is 6.20 Å². The highest BCUT2D eigenvalue weighted by molar-refractivity contribution is 5.14. The highest BCUT2D eigenvalue weighted by Gasteiger charge is 2.39. The van der Waals surface area contributed by atoms with Gasteiger partial charge in [-0.2, -0.15) is 42.0 Å². The SMILES string of the molecule is N#CC(C#N)(CCC(F)(F)F)Cn1ccc(C(F)(F)F)n1. The van der Waals surface area contributed by atoms with E-state index in [-0.39, 0.29) is 0 Å². The van der Waals surface area contributed by atoms with Crippen molar-refractivity contribution in [3.05, 3.63) is 18.0 Å². The first-order valence-corrected chi connectivity index (χ1v) is 5.51. The second kappa shape index (κ2) is 5.64. The molecule has 0 saturated carbocycles. The molecule has 4 nitrogen and oxygen atoms in total. The van der Waals surface area contributed by atoms with Crippen molar-refractivity contribution in [2.75, 3.05) is 0 Å². The summed E-state index contributed by atoms with van der Waals surface area (Å²) in [5, 5.41) is 20.9. The van der Waals surface area contributed by atoms with Crippen LogP contribution in [0.3, 0.4) is 0 Å². The standard InChI is InChI=1S/C11H8F6N4/c12-10(13,14)3-2-9(5-18,6-19)7-21-4-1-8(20-21)11(15,16)17/h1,4H,2-3,7H2. The lowest BCUT2D eigenvalue weighted by Gasteiger charge is -2.19. The van der Waals surface area contributed by atoms with Gasteiger partial charge in [-0.1, -0.05) is 0 Å². The first-order valence-electron chi connectivity index (χ1n) is 5.51. The molecule has 0 amide bonds. The summed E-state index contributed by atoms with van der Waals surface area (Å²) >= 11 is 0. The predicted octanol–water partition coefficient (Wildman–Crippen LogP) is 3.28. The van der Waals surface area contributed by atoms with Crippen LogP contribution in [0.15, 0.2) is 12.3 Å². The summed E-state index contributed by atoms with van der Waals surface area (Å²) in [5.74, 6) is 0. The van der Waals surface area contributed by atoms with E-state index >= 15 is 0 Å². The largest absolute Gasteiger partial charge is 0.435 e. The molecule has 0 aliphatic heterocycles. The predicted molar refractivity (Wildman–Crippen MR) is 56.2 cm³/mol. The summed E-state index contributed by atoms with van der Waals surface area (Å²) in [5.41, 5.74) is -3.34. The number of alkyl halides is 6.